The molecule has 0 fully saturated rings. The highest BCUT2D eigenvalue weighted by Crippen LogP contribution is 2.23. The first-order valence-corrected chi connectivity index (χ1v) is 6.15. The molecule has 1 heterocycles. The van der Waals surface area contributed by atoms with E-state index in [1.165, 1.54) is 16.7 Å². The molecule has 0 saturated heterocycles. The average Bonchev–Trinajstić information content (AvgIpc) is 2.28. The van der Waals surface area contributed by atoms with Crippen LogP contribution >= 0.6 is 0 Å². The fraction of sp³-hybridized carbons (Fsp3) is 0.571. The largest absolute Gasteiger partial charge is 0.395 e. The van der Waals surface area contributed by atoms with Crippen LogP contribution in [-0.4, -0.2) is 29.7 Å². The van der Waals surface area contributed by atoms with Crippen molar-refractivity contribution in [2.24, 2.45) is 0 Å². The summed E-state index contributed by atoms with van der Waals surface area (Å²) < 4.78 is 0. The minimum absolute atomic E-state index is 0.263. The van der Waals surface area contributed by atoms with Gasteiger partial charge in [-0.3, -0.25) is 4.90 Å². The molecule has 0 saturated carbocycles. The Balaban J connectivity index is 2.18. The smallest absolute Gasteiger partial charge is 0.0558 e. The number of hydrogen-bond donors (Lipinski definition) is 1. The van der Waals surface area contributed by atoms with Gasteiger partial charge in [-0.1, -0.05) is 32.0 Å². The maximum Gasteiger partial charge on any atom is 0.0558 e. The van der Waals surface area contributed by atoms with Gasteiger partial charge >= 0.3 is 0 Å². The zero-order valence-corrected chi connectivity index (χ0v) is 10.2. The van der Waals surface area contributed by atoms with Crippen molar-refractivity contribution in [3.8, 4) is 0 Å². The summed E-state index contributed by atoms with van der Waals surface area (Å²) >= 11 is 0. The van der Waals surface area contributed by atoms with Crippen molar-refractivity contribution in [1.82, 2.24) is 4.90 Å². The molecular weight excluding hydrogens is 198 g/mol. The van der Waals surface area contributed by atoms with Gasteiger partial charge in [-0.25, -0.2) is 0 Å². The van der Waals surface area contributed by atoms with Crippen molar-refractivity contribution in [3.63, 3.8) is 0 Å². The first kappa shape index (κ1) is 11.6. The van der Waals surface area contributed by atoms with E-state index in [-0.39, 0.29) is 6.61 Å². The van der Waals surface area contributed by atoms with Crippen LogP contribution in [0.25, 0.3) is 0 Å². The van der Waals surface area contributed by atoms with Crippen LogP contribution in [-0.2, 0) is 13.0 Å². The zero-order chi connectivity index (χ0) is 11.5. The number of hydrogen-bond acceptors (Lipinski definition) is 2. The summed E-state index contributed by atoms with van der Waals surface area (Å²) in [6.07, 6.45) is 1.12. The van der Waals surface area contributed by atoms with Gasteiger partial charge in [0.05, 0.1) is 6.61 Å². The molecule has 1 aromatic carbocycles. The third-order valence-corrected chi connectivity index (χ3v) is 3.40. The summed E-state index contributed by atoms with van der Waals surface area (Å²) in [6.45, 7) is 7.60. The van der Waals surface area contributed by atoms with Crippen LogP contribution in [0.3, 0.4) is 0 Å². The van der Waals surface area contributed by atoms with Crippen molar-refractivity contribution in [2.45, 2.75) is 32.7 Å². The maximum absolute atomic E-state index is 8.97. The predicted molar refractivity (Wildman–Crippen MR) is 66.6 cm³/mol. The molecule has 0 aliphatic carbocycles. The summed E-state index contributed by atoms with van der Waals surface area (Å²) in [7, 11) is 0. The van der Waals surface area contributed by atoms with Crippen LogP contribution in [0.4, 0.5) is 0 Å². The molecule has 1 aliphatic rings. The van der Waals surface area contributed by atoms with E-state index in [2.05, 4.69) is 36.9 Å². The second-order valence-electron chi connectivity index (χ2n) is 4.93. The summed E-state index contributed by atoms with van der Waals surface area (Å²) in [5.74, 6) is 0.596. The lowest BCUT2D eigenvalue weighted by Crippen LogP contribution is -2.32. The molecule has 0 bridgehead atoms. The van der Waals surface area contributed by atoms with Gasteiger partial charge < -0.3 is 5.11 Å². The molecule has 16 heavy (non-hydrogen) atoms. The van der Waals surface area contributed by atoms with Crippen molar-refractivity contribution in [2.75, 3.05) is 19.7 Å². The lowest BCUT2D eigenvalue weighted by atomic mass is 9.93. The fourth-order valence-corrected chi connectivity index (χ4v) is 2.33. The van der Waals surface area contributed by atoms with E-state index >= 15 is 0 Å². The second-order valence-corrected chi connectivity index (χ2v) is 4.93. The summed E-state index contributed by atoms with van der Waals surface area (Å²) in [4.78, 5) is 2.33. The quantitative estimate of drug-likeness (QED) is 0.842. The summed E-state index contributed by atoms with van der Waals surface area (Å²) in [5, 5.41) is 8.97. The Bertz CT molecular complexity index is 360. The number of nitrogens with zero attached hydrogens (tertiary/aromatic N) is 1. The Morgan fingerprint density at radius 1 is 1.31 bits per heavy atom. The Morgan fingerprint density at radius 2 is 2.12 bits per heavy atom. The topological polar surface area (TPSA) is 23.5 Å². The Labute approximate surface area is 97.9 Å². The van der Waals surface area contributed by atoms with Crippen molar-refractivity contribution < 1.29 is 5.11 Å². The van der Waals surface area contributed by atoms with E-state index in [1.54, 1.807) is 0 Å². The van der Waals surface area contributed by atoms with E-state index < -0.39 is 0 Å². The molecule has 0 aromatic heterocycles. The molecule has 0 spiro atoms. The number of rotatable bonds is 3. The van der Waals surface area contributed by atoms with Crippen LogP contribution in [0.1, 0.15) is 36.5 Å². The summed E-state index contributed by atoms with van der Waals surface area (Å²) in [5.41, 5.74) is 4.36. The highest BCUT2D eigenvalue weighted by Gasteiger charge is 2.16. The monoisotopic (exact) mass is 219 g/mol. The average molecular weight is 219 g/mol. The first-order valence-electron chi connectivity index (χ1n) is 6.15. The van der Waals surface area contributed by atoms with Crippen molar-refractivity contribution >= 4 is 0 Å². The lowest BCUT2D eigenvalue weighted by molar-refractivity contribution is 0.184. The Morgan fingerprint density at radius 3 is 2.81 bits per heavy atom. The van der Waals surface area contributed by atoms with Crippen molar-refractivity contribution in [1.29, 1.82) is 0 Å². The summed E-state index contributed by atoms with van der Waals surface area (Å²) in [6, 6.07) is 6.87. The van der Waals surface area contributed by atoms with E-state index in [9.17, 15) is 0 Å². The van der Waals surface area contributed by atoms with Gasteiger partial charge in [-0.2, -0.15) is 0 Å². The third-order valence-electron chi connectivity index (χ3n) is 3.40. The third kappa shape index (κ3) is 2.45. The van der Waals surface area contributed by atoms with Gasteiger partial charge in [0.25, 0.3) is 0 Å². The number of benzene rings is 1. The number of aliphatic hydroxyl groups excluding tert-OH is 1. The van der Waals surface area contributed by atoms with Crippen LogP contribution in [0.2, 0.25) is 0 Å². The van der Waals surface area contributed by atoms with Crippen molar-refractivity contribution in [3.05, 3.63) is 34.9 Å². The second kappa shape index (κ2) is 4.98. The van der Waals surface area contributed by atoms with E-state index in [0.29, 0.717) is 5.92 Å². The zero-order valence-electron chi connectivity index (χ0n) is 10.2. The standard InChI is InChI=1S/C14H21NO/c1-11(2)13-4-3-12-5-6-15(7-8-16)10-14(12)9-13/h3-4,9,11,16H,5-8,10H2,1-2H3. The van der Waals surface area contributed by atoms with Gasteiger partial charge in [0.2, 0.25) is 0 Å². The Kier molecular flexibility index (Phi) is 3.62. The molecule has 2 rings (SSSR count). The lowest BCUT2D eigenvalue weighted by Gasteiger charge is -2.28. The van der Waals surface area contributed by atoms with Gasteiger partial charge in [0.15, 0.2) is 0 Å². The van der Waals surface area contributed by atoms with Crippen LogP contribution in [0.5, 0.6) is 0 Å². The maximum atomic E-state index is 8.97. The fourth-order valence-electron chi connectivity index (χ4n) is 2.33. The van der Waals surface area contributed by atoms with Gasteiger partial charge in [-0.15, -0.1) is 0 Å². The number of β-amino-alcohol motifs (C(OH)–C–C–N with tert-alkyl or cyclic N) is 1. The molecular formula is C14H21NO. The number of aliphatic hydroxyl groups is 1. The molecule has 0 atom stereocenters. The molecule has 1 aliphatic heterocycles. The van der Waals surface area contributed by atoms with Gasteiger partial charge in [-0.05, 0) is 29.0 Å². The molecule has 88 valence electrons. The van der Waals surface area contributed by atoms with E-state index in [0.717, 1.165) is 26.1 Å². The minimum Gasteiger partial charge on any atom is -0.395 e. The van der Waals surface area contributed by atoms with E-state index in [4.69, 9.17) is 5.11 Å². The van der Waals surface area contributed by atoms with Crippen LogP contribution in [0.15, 0.2) is 18.2 Å². The predicted octanol–water partition coefficient (Wildman–Crippen LogP) is 2.16. The van der Waals surface area contributed by atoms with Gasteiger partial charge in [0.1, 0.15) is 0 Å². The Hall–Kier alpha value is -0.860. The van der Waals surface area contributed by atoms with Crippen LogP contribution in [0, 0.1) is 0 Å². The highest BCUT2D eigenvalue weighted by atomic mass is 16.3. The molecule has 0 amide bonds. The van der Waals surface area contributed by atoms with Gasteiger partial charge in [0, 0.05) is 19.6 Å². The minimum atomic E-state index is 0.263. The SMILES string of the molecule is CC(C)c1ccc2c(c1)CN(CCO)CC2. The van der Waals surface area contributed by atoms with Crippen LogP contribution < -0.4 is 0 Å². The van der Waals surface area contributed by atoms with E-state index in [1.807, 2.05) is 0 Å². The normalized spacial score (nSPS) is 16.5. The molecule has 0 radical (unpaired) electrons. The molecule has 0 unspecified atom stereocenters. The number of fused-ring (bicyclic) bond motifs is 1. The molecule has 2 heteroatoms. The molecule has 1 N–H and O–H groups in total. The molecule has 2 nitrogen and oxygen atoms in total. The highest BCUT2D eigenvalue weighted by molar-refractivity contribution is 5.35. The first-order chi connectivity index (χ1) is 7.70. The molecule has 1 aromatic rings.